The van der Waals surface area contributed by atoms with Crippen LogP contribution in [-0.4, -0.2) is 67.3 Å². The Hall–Kier alpha value is -3.49. The number of piperazine rings is 1. The second kappa shape index (κ2) is 13.9. The average molecular weight is 704 g/mol. The molecule has 0 aliphatic carbocycles. The third-order valence-electron chi connectivity index (χ3n) is 8.41. The summed E-state index contributed by atoms with van der Waals surface area (Å²) in [5.41, 5.74) is 2.17. The molecule has 1 atom stereocenters. The summed E-state index contributed by atoms with van der Waals surface area (Å²) < 4.78 is 68.0. The lowest BCUT2D eigenvalue weighted by molar-refractivity contribution is -0.137. The highest BCUT2D eigenvalue weighted by Gasteiger charge is 2.40. The van der Waals surface area contributed by atoms with Crippen LogP contribution in [0.25, 0.3) is 11.3 Å². The molecule has 4 heterocycles. The molecule has 0 spiro atoms. The maximum atomic E-state index is 13.4. The van der Waals surface area contributed by atoms with Gasteiger partial charge in [-0.2, -0.15) is 17.5 Å². The molecule has 1 amide bonds. The van der Waals surface area contributed by atoms with E-state index in [1.54, 1.807) is 6.07 Å². The highest BCUT2D eigenvalue weighted by molar-refractivity contribution is 7.91. The molecule has 2 saturated heterocycles. The summed E-state index contributed by atoms with van der Waals surface area (Å²) >= 11 is 6.93. The van der Waals surface area contributed by atoms with E-state index in [1.807, 2.05) is 24.3 Å². The van der Waals surface area contributed by atoms with Crippen LogP contribution in [0.2, 0.25) is 4.34 Å². The largest absolute Gasteiger partial charge is 0.416 e. The van der Waals surface area contributed by atoms with E-state index in [-0.39, 0.29) is 17.3 Å². The zero-order valence-corrected chi connectivity index (χ0v) is 27.7. The molecule has 0 radical (unpaired) electrons. The van der Waals surface area contributed by atoms with E-state index in [9.17, 15) is 26.4 Å². The number of rotatable bonds is 9. The maximum Gasteiger partial charge on any atom is 0.416 e. The number of hydrogen-bond donors (Lipinski definition) is 1. The summed E-state index contributed by atoms with van der Waals surface area (Å²) in [6, 6.07) is 20.8. The van der Waals surface area contributed by atoms with Crippen LogP contribution in [0.3, 0.4) is 0 Å². The zero-order valence-electron chi connectivity index (χ0n) is 25.3. The Morgan fingerprint density at radius 2 is 1.66 bits per heavy atom. The second-order valence-electron chi connectivity index (χ2n) is 11.6. The maximum absolute atomic E-state index is 13.4. The number of hydrogen-bond acceptors (Lipinski definition) is 7. The Morgan fingerprint density at radius 1 is 0.936 bits per heavy atom. The van der Waals surface area contributed by atoms with Crippen LogP contribution in [0.15, 0.2) is 83.1 Å². The van der Waals surface area contributed by atoms with Crippen LogP contribution in [0.5, 0.6) is 0 Å². The van der Waals surface area contributed by atoms with Crippen LogP contribution in [0.4, 0.5) is 19.0 Å². The Bertz CT molecular complexity index is 1810. The molecule has 0 saturated carbocycles. The first-order valence-electron chi connectivity index (χ1n) is 15.2. The first-order valence-corrected chi connectivity index (χ1v) is 17.9. The molecule has 1 N–H and O–H groups in total. The SMILES string of the molecule is O=C(NCc1cc(-c2ccc(C(F)(F)F)cc2)nc(N2CCN(Cc3ccccc3)CC2)c1)C1CCCN1S(=O)(=O)c1ccc(Cl)s1. The number of amides is 1. The number of carbonyl (C=O) groups excluding carboxylic acids is 1. The molecular weight excluding hydrogens is 671 g/mol. The van der Waals surface area contributed by atoms with Gasteiger partial charge >= 0.3 is 6.18 Å². The van der Waals surface area contributed by atoms with Gasteiger partial charge in [-0.1, -0.05) is 54.1 Å². The molecule has 2 fully saturated rings. The number of alkyl halides is 3. The quantitative estimate of drug-likeness (QED) is 0.221. The molecule has 2 aliphatic rings. The number of nitrogens with zero attached hydrogens (tertiary/aromatic N) is 4. The lowest BCUT2D eigenvalue weighted by Crippen LogP contribution is -2.46. The summed E-state index contributed by atoms with van der Waals surface area (Å²) in [6.07, 6.45) is -3.53. The van der Waals surface area contributed by atoms with Crippen LogP contribution in [-0.2, 0) is 34.1 Å². The van der Waals surface area contributed by atoms with Crippen LogP contribution in [0, 0.1) is 0 Å². The number of nitrogens with one attached hydrogen (secondary N) is 1. The van der Waals surface area contributed by atoms with Gasteiger partial charge in [-0.05, 0) is 60.4 Å². The first-order chi connectivity index (χ1) is 22.5. The summed E-state index contributed by atoms with van der Waals surface area (Å²) in [5, 5.41) is 2.90. The Labute approximate surface area is 280 Å². The van der Waals surface area contributed by atoms with Gasteiger partial charge in [0, 0.05) is 51.4 Å². The molecule has 2 aliphatic heterocycles. The topological polar surface area (TPSA) is 85.8 Å². The Balaban J connectivity index is 1.20. The standard InChI is InChI=1S/C33H33ClF3N5O3S2/c34-29-12-13-31(46-29)47(44,45)42-14-4-7-28(42)32(43)38-21-24-19-27(25-8-10-26(11-9-25)33(35,36)37)39-30(20-24)41-17-15-40(16-18-41)22-23-5-2-1-3-6-23/h1-3,5-6,8-13,19-20,28H,4,7,14-18,21-22H2,(H,38,43). The summed E-state index contributed by atoms with van der Waals surface area (Å²) in [7, 11) is -3.89. The number of halogens is 4. The van der Waals surface area contributed by atoms with Crippen molar-refractivity contribution in [3.8, 4) is 11.3 Å². The molecule has 4 aromatic rings. The van der Waals surface area contributed by atoms with Crippen molar-refractivity contribution >= 4 is 44.7 Å². The predicted octanol–water partition coefficient (Wildman–Crippen LogP) is 6.27. The van der Waals surface area contributed by atoms with Crippen molar-refractivity contribution in [3.05, 3.63) is 99.9 Å². The van der Waals surface area contributed by atoms with Gasteiger partial charge in [0.05, 0.1) is 15.6 Å². The fraction of sp³-hybridized carbons (Fsp3) is 0.333. The third kappa shape index (κ3) is 7.81. The smallest absolute Gasteiger partial charge is 0.354 e. The number of sulfonamides is 1. The number of thiophene rings is 1. The van der Waals surface area contributed by atoms with Crippen molar-refractivity contribution in [3.63, 3.8) is 0 Å². The van der Waals surface area contributed by atoms with Gasteiger partial charge in [0.2, 0.25) is 5.91 Å². The molecule has 6 rings (SSSR count). The van der Waals surface area contributed by atoms with Crippen LogP contribution < -0.4 is 10.2 Å². The van der Waals surface area contributed by atoms with Crippen molar-refractivity contribution in [1.82, 2.24) is 19.5 Å². The summed E-state index contributed by atoms with van der Waals surface area (Å²) in [4.78, 5) is 22.7. The molecule has 14 heteroatoms. The molecule has 2 aromatic heterocycles. The van der Waals surface area contributed by atoms with Crippen LogP contribution in [0.1, 0.15) is 29.5 Å². The minimum absolute atomic E-state index is 0.0885. The summed E-state index contributed by atoms with van der Waals surface area (Å²) in [5.74, 6) is 0.239. The number of pyridine rings is 1. The van der Waals surface area contributed by atoms with Crippen molar-refractivity contribution in [1.29, 1.82) is 0 Å². The number of benzene rings is 2. The molecular formula is C33H33ClF3N5O3S2. The van der Waals surface area contributed by atoms with Gasteiger partial charge in [-0.15, -0.1) is 11.3 Å². The van der Waals surface area contributed by atoms with Crippen molar-refractivity contribution < 1.29 is 26.4 Å². The third-order valence-corrected chi connectivity index (χ3v) is 12.0. The van der Waals surface area contributed by atoms with E-state index in [2.05, 4.69) is 27.2 Å². The Kier molecular flexibility index (Phi) is 9.90. The monoisotopic (exact) mass is 703 g/mol. The first kappa shape index (κ1) is 33.4. The second-order valence-corrected chi connectivity index (χ2v) is 15.4. The lowest BCUT2D eigenvalue weighted by Gasteiger charge is -2.35. The van der Waals surface area contributed by atoms with E-state index in [0.717, 1.165) is 43.1 Å². The van der Waals surface area contributed by atoms with Gasteiger partial charge in [0.15, 0.2) is 0 Å². The molecule has 0 bridgehead atoms. The summed E-state index contributed by atoms with van der Waals surface area (Å²) in [6.45, 7) is 4.14. The predicted molar refractivity (Wildman–Crippen MR) is 177 cm³/mol. The minimum Gasteiger partial charge on any atom is -0.354 e. The normalized spacial score (nSPS) is 18.0. The van der Waals surface area contributed by atoms with Crippen molar-refractivity contribution in [2.24, 2.45) is 0 Å². The molecule has 1 unspecified atom stereocenters. The highest BCUT2D eigenvalue weighted by atomic mass is 35.5. The fourth-order valence-corrected chi connectivity index (χ4v) is 9.21. The van der Waals surface area contributed by atoms with E-state index in [0.29, 0.717) is 52.9 Å². The van der Waals surface area contributed by atoms with Gasteiger partial charge in [-0.25, -0.2) is 13.4 Å². The van der Waals surface area contributed by atoms with Gasteiger partial charge in [-0.3, -0.25) is 9.69 Å². The number of carbonyl (C=O) groups is 1. The van der Waals surface area contributed by atoms with Crippen molar-refractivity contribution in [2.45, 2.75) is 42.4 Å². The van der Waals surface area contributed by atoms with E-state index in [4.69, 9.17) is 16.6 Å². The zero-order chi connectivity index (χ0) is 33.2. The molecule has 47 heavy (non-hydrogen) atoms. The Morgan fingerprint density at radius 3 is 2.32 bits per heavy atom. The van der Waals surface area contributed by atoms with Crippen molar-refractivity contribution in [2.75, 3.05) is 37.6 Å². The van der Waals surface area contributed by atoms with E-state index < -0.39 is 33.7 Å². The minimum atomic E-state index is -4.46. The highest BCUT2D eigenvalue weighted by Crippen LogP contribution is 2.33. The lowest BCUT2D eigenvalue weighted by atomic mass is 10.1. The van der Waals surface area contributed by atoms with Crippen LogP contribution >= 0.6 is 22.9 Å². The number of aromatic nitrogens is 1. The van der Waals surface area contributed by atoms with E-state index in [1.165, 1.54) is 34.1 Å². The van der Waals surface area contributed by atoms with Gasteiger partial charge in [0.1, 0.15) is 16.1 Å². The average Bonchev–Trinajstić information content (AvgIpc) is 3.75. The fourth-order valence-electron chi connectivity index (χ4n) is 5.94. The van der Waals surface area contributed by atoms with Gasteiger partial charge in [0.25, 0.3) is 10.0 Å². The molecule has 2 aromatic carbocycles. The molecule has 8 nitrogen and oxygen atoms in total. The number of anilines is 1. The van der Waals surface area contributed by atoms with Gasteiger partial charge < -0.3 is 10.2 Å². The van der Waals surface area contributed by atoms with E-state index >= 15 is 0 Å². The molecule has 248 valence electrons.